The summed E-state index contributed by atoms with van der Waals surface area (Å²) in [6, 6.07) is 10.0. The van der Waals surface area contributed by atoms with Crippen LogP contribution in [0.3, 0.4) is 0 Å². The number of aliphatic hydroxyl groups excluding tert-OH is 1. The summed E-state index contributed by atoms with van der Waals surface area (Å²) in [7, 11) is -4.01. The molecule has 0 saturated carbocycles. The Kier molecular flexibility index (Phi) is 7.60. The normalized spacial score (nSPS) is 24.9. The minimum absolute atomic E-state index is 0.187. The number of ketones is 1. The number of para-hydroxylation sites is 1. The van der Waals surface area contributed by atoms with Gasteiger partial charge in [0.25, 0.3) is 5.56 Å². The lowest BCUT2D eigenvalue weighted by atomic mass is 9.95. The number of nitrogens with one attached hydrogen (secondary N) is 1. The van der Waals surface area contributed by atoms with E-state index in [0.29, 0.717) is 0 Å². The van der Waals surface area contributed by atoms with Crippen molar-refractivity contribution < 1.29 is 28.3 Å². The summed E-state index contributed by atoms with van der Waals surface area (Å²) in [4.78, 5) is 30.3. The largest absolute Gasteiger partial charge is 0.424 e. The van der Waals surface area contributed by atoms with Gasteiger partial charge in [0.2, 0.25) is 17.2 Å². The lowest BCUT2D eigenvalue weighted by Gasteiger charge is -2.29. The van der Waals surface area contributed by atoms with Crippen LogP contribution >= 0.6 is 30.8 Å². The molecule has 13 nitrogen and oxygen atoms in total. The number of aromatic amines is 1. The number of fused-ring (bicyclic) bond motifs is 1. The third kappa shape index (κ3) is 4.91. The van der Waals surface area contributed by atoms with E-state index in [0.717, 1.165) is 10.7 Å². The Labute approximate surface area is 226 Å². The third-order valence-electron chi connectivity index (χ3n) is 6.04. The Hall–Kier alpha value is -2.98. The number of rotatable bonds is 9. The highest BCUT2D eigenvalue weighted by atomic mass is 35.5. The van der Waals surface area contributed by atoms with Crippen molar-refractivity contribution >= 4 is 48.2 Å². The van der Waals surface area contributed by atoms with Gasteiger partial charge in [0.05, 0.1) is 19.0 Å². The molecule has 38 heavy (non-hydrogen) atoms. The van der Waals surface area contributed by atoms with Crippen LogP contribution in [0.15, 0.2) is 41.3 Å². The van der Waals surface area contributed by atoms with Crippen molar-refractivity contribution in [3.63, 3.8) is 0 Å². The molecule has 4 N–H and O–H groups in total. The van der Waals surface area contributed by atoms with Crippen molar-refractivity contribution in [2.75, 3.05) is 18.5 Å². The number of carbonyl (C=O) groups excluding carboxylic acids is 1. The van der Waals surface area contributed by atoms with Gasteiger partial charge in [-0.15, -0.1) is 5.10 Å². The number of benzene rings is 1. The Morgan fingerprint density at radius 3 is 2.74 bits per heavy atom. The van der Waals surface area contributed by atoms with Gasteiger partial charge in [-0.25, -0.2) is 14.1 Å². The number of imidazole rings is 1. The minimum Gasteiger partial charge on any atom is -0.424 e. The van der Waals surface area contributed by atoms with Crippen LogP contribution in [0.4, 0.5) is 5.95 Å². The third-order valence-corrected chi connectivity index (χ3v) is 9.05. The summed E-state index contributed by atoms with van der Waals surface area (Å²) in [5, 5.41) is 25.1. The molecule has 1 aliphatic heterocycles. The summed E-state index contributed by atoms with van der Waals surface area (Å²) >= 11 is 13.0. The monoisotopic (exact) mass is 584 g/mol. The molecule has 16 heteroatoms. The van der Waals surface area contributed by atoms with Crippen LogP contribution in [0.5, 0.6) is 5.75 Å². The zero-order valence-corrected chi connectivity index (χ0v) is 22.5. The van der Waals surface area contributed by atoms with Gasteiger partial charge < -0.3 is 20.1 Å². The number of nitriles is 1. The molecule has 0 radical (unpaired) electrons. The summed E-state index contributed by atoms with van der Waals surface area (Å²) in [6.07, 6.45) is -2.34. The molecular weight excluding hydrogens is 562 g/mol. The SMILES string of the molecule is CC(=O)[C@H](C)CP(=O)(OC[C@H]1O[C@@](C#N)(c2cnc3c(=O)[nH]c(N)nn23)C(Cl)(Cl)[C@H]1O)Oc1ccccc1. The number of aliphatic hydroxyl groups is 1. The number of hydrogen-bond donors (Lipinski definition) is 3. The fourth-order valence-corrected chi connectivity index (χ4v) is 6.51. The van der Waals surface area contributed by atoms with Crippen molar-refractivity contribution in [2.24, 2.45) is 5.92 Å². The van der Waals surface area contributed by atoms with E-state index in [1.165, 1.54) is 6.92 Å². The fourth-order valence-electron chi connectivity index (χ4n) is 3.88. The maximum Gasteiger partial charge on any atom is 0.379 e. The molecule has 0 spiro atoms. The van der Waals surface area contributed by atoms with Crippen LogP contribution in [-0.4, -0.2) is 59.8 Å². The molecular formula is C22H23Cl2N6O7P. The summed E-state index contributed by atoms with van der Waals surface area (Å²) in [5.41, 5.74) is 2.20. The van der Waals surface area contributed by atoms with E-state index >= 15 is 0 Å². The van der Waals surface area contributed by atoms with Gasteiger partial charge in [0, 0.05) is 5.92 Å². The average molecular weight is 585 g/mol. The van der Waals surface area contributed by atoms with Gasteiger partial charge in [-0.1, -0.05) is 48.3 Å². The average Bonchev–Trinajstić information content (AvgIpc) is 3.36. The number of halogens is 2. The lowest BCUT2D eigenvalue weighted by Crippen LogP contribution is -2.46. The second kappa shape index (κ2) is 10.3. The minimum atomic E-state index is -4.01. The molecule has 0 bridgehead atoms. The first-order valence-corrected chi connectivity index (χ1v) is 13.7. The topological polar surface area (TPSA) is 195 Å². The van der Waals surface area contributed by atoms with E-state index in [1.807, 2.05) is 6.07 Å². The zero-order chi connectivity index (χ0) is 27.9. The number of ether oxygens (including phenoxy) is 1. The second-order valence-electron chi connectivity index (χ2n) is 8.74. The first-order valence-electron chi connectivity index (χ1n) is 11.2. The fraction of sp³-hybridized carbons (Fsp3) is 0.409. The number of alkyl halides is 2. The Bertz CT molecular complexity index is 1510. The molecule has 1 aromatic carbocycles. The molecule has 3 aromatic rings. The van der Waals surface area contributed by atoms with Gasteiger partial charge in [-0.05, 0) is 19.1 Å². The zero-order valence-electron chi connectivity index (χ0n) is 20.1. The number of carbonyl (C=O) groups is 1. The first kappa shape index (κ1) is 28.0. The lowest BCUT2D eigenvalue weighted by molar-refractivity contribution is -0.119. The van der Waals surface area contributed by atoms with Crippen molar-refractivity contribution in [1.82, 2.24) is 19.6 Å². The summed E-state index contributed by atoms with van der Waals surface area (Å²) in [5.74, 6) is -0.970. The predicted octanol–water partition coefficient (Wildman–Crippen LogP) is 2.17. The van der Waals surface area contributed by atoms with E-state index in [2.05, 4.69) is 15.1 Å². The molecule has 3 heterocycles. The first-order chi connectivity index (χ1) is 17.8. The van der Waals surface area contributed by atoms with Crippen molar-refractivity contribution in [3.05, 3.63) is 52.6 Å². The highest BCUT2D eigenvalue weighted by Crippen LogP contribution is 2.55. The van der Waals surface area contributed by atoms with Crippen LogP contribution in [0.1, 0.15) is 19.5 Å². The van der Waals surface area contributed by atoms with Gasteiger partial charge in [-0.2, -0.15) is 5.26 Å². The van der Waals surface area contributed by atoms with E-state index in [-0.39, 0.29) is 35.0 Å². The predicted molar refractivity (Wildman–Crippen MR) is 136 cm³/mol. The number of hydrogen-bond acceptors (Lipinski definition) is 11. The van der Waals surface area contributed by atoms with Crippen LogP contribution in [0.25, 0.3) is 5.65 Å². The molecule has 4 rings (SSSR count). The van der Waals surface area contributed by atoms with Crippen LogP contribution in [-0.2, 0) is 24.2 Å². The number of aromatic nitrogens is 4. The summed E-state index contributed by atoms with van der Waals surface area (Å²) in [6.45, 7) is 2.33. The number of anilines is 1. The molecule has 5 atom stereocenters. The Balaban J connectivity index is 1.66. The number of nitrogens with two attached hydrogens (primary N) is 1. The van der Waals surface area contributed by atoms with Crippen molar-refractivity contribution in [2.45, 2.75) is 36.0 Å². The van der Waals surface area contributed by atoms with Gasteiger partial charge >= 0.3 is 7.60 Å². The molecule has 0 aliphatic carbocycles. The van der Waals surface area contributed by atoms with Gasteiger partial charge in [0.1, 0.15) is 35.5 Å². The number of nitrogen functional groups attached to an aromatic ring is 1. The standard InChI is InChI=1S/C22H23Cl2N6O7P/c1-12(13(2)31)10-38(34,37-14-6-4-3-5-7-14)35-9-15-17(32)22(23,24)21(11-25,36-15)16-8-27-18-19(33)28-20(26)29-30(16)18/h3-8,12,15,17,32H,9-10H2,1-2H3,(H3,26,28,29,33)/t12-,15-,17+,21+,38?/m1/s1. The highest BCUT2D eigenvalue weighted by Gasteiger charge is 2.68. The molecule has 1 aliphatic rings. The molecule has 1 fully saturated rings. The molecule has 1 unspecified atom stereocenters. The number of nitrogens with zero attached hydrogens (tertiary/aromatic N) is 4. The van der Waals surface area contributed by atoms with E-state index in [4.69, 9.17) is 42.7 Å². The quantitative estimate of drug-likeness (QED) is 0.246. The maximum atomic E-state index is 13.7. The van der Waals surface area contributed by atoms with Crippen molar-refractivity contribution in [1.29, 1.82) is 5.26 Å². The van der Waals surface area contributed by atoms with Crippen LogP contribution in [0, 0.1) is 17.2 Å². The van der Waals surface area contributed by atoms with Crippen LogP contribution in [0.2, 0.25) is 0 Å². The van der Waals surface area contributed by atoms with E-state index in [9.17, 15) is 24.5 Å². The van der Waals surface area contributed by atoms with E-state index in [1.54, 1.807) is 37.3 Å². The molecule has 202 valence electrons. The number of H-pyrrole nitrogens is 1. The molecule has 2 aromatic heterocycles. The second-order valence-corrected chi connectivity index (χ2v) is 12.2. The smallest absolute Gasteiger partial charge is 0.379 e. The van der Waals surface area contributed by atoms with Gasteiger partial charge in [0.15, 0.2) is 4.33 Å². The molecule has 0 amide bonds. The summed E-state index contributed by atoms with van der Waals surface area (Å²) < 4.78 is 29.4. The van der Waals surface area contributed by atoms with Crippen LogP contribution < -0.4 is 15.8 Å². The highest BCUT2D eigenvalue weighted by molar-refractivity contribution is 7.54. The molecule has 1 saturated heterocycles. The Morgan fingerprint density at radius 1 is 1.42 bits per heavy atom. The van der Waals surface area contributed by atoms with Gasteiger partial charge in [-0.3, -0.25) is 19.1 Å². The maximum absolute atomic E-state index is 13.7. The number of Topliss-reactive ketones (excluding diaryl/α,β-unsaturated/α-hetero) is 1. The van der Waals surface area contributed by atoms with E-state index < -0.39 is 47.8 Å². The Morgan fingerprint density at radius 2 is 2.11 bits per heavy atom. The van der Waals surface area contributed by atoms with Crippen molar-refractivity contribution in [3.8, 4) is 11.8 Å².